The number of nitrogens with zero attached hydrogens (tertiary/aromatic N) is 4. The second-order valence-electron chi connectivity index (χ2n) is 6.45. The first kappa shape index (κ1) is 18.6. The summed E-state index contributed by atoms with van der Waals surface area (Å²) in [6.07, 6.45) is 1.59. The minimum atomic E-state index is -0.842. The molecule has 4 aromatic rings. The van der Waals surface area contributed by atoms with Crippen molar-refractivity contribution in [2.75, 3.05) is 0 Å². The Morgan fingerprint density at radius 3 is 2.61 bits per heavy atom. The predicted octanol–water partition coefficient (Wildman–Crippen LogP) is 4.79. The average molecular weight is 396 g/mol. The van der Waals surface area contributed by atoms with Gasteiger partial charge in [-0.1, -0.05) is 36.4 Å². The van der Waals surface area contributed by atoms with Gasteiger partial charge in [-0.25, -0.2) is 18.3 Å². The molecule has 0 N–H and O–H groups in total. The first-order valence-corrected chi connectivity index (χ1v) is 9.91. The molecule has 2 heterocycles. The summed E-state index contributed by atoms with van der Waals surface area (Å²) in [4.78, 5) is 9.33. The van der Waals surface area contributed by atoms with Crippen LogP contribution >= 0.6 is 11.8 Å². The molecule has 2 aromatic carbocycles. The highest BCUT2D eigenvalue weighted by molar-refractivity contribution is 7.98. The molecule has 4 rings (SSSR count). The maximum absolute atomic E-state index is 13.8. The van der Waals surface area contributed by atoms with Crippen LogP contribution in [0.4, 0.5) is 8.78 Å². The number of aryl methyl sites for hydroxylation is 3. The van der Waals surface area contributed by atoms with Gasteiger partial charge in [-0.3, -0.25) is 0 Å². The summed E-state index contributed by atoms with van der Waals surface area (Å²) in [7, 11) is 0. The minimum Gasteiger partial charge on any atom is -0.215 e. The zero-order valence-electron chi connectivity index (χ0n) is 15.3. The van der Waals surface area contributed by atoms with Crippen LogP contribution in [0.25, 0.3) is 5.78 Å². The van der Waals surface area contributed by atoms with Crippen molar-refractivity contribution in [2.24, 2.45) is 0 Å². The Bertz CT molecular complexity index is 1110. The fraction of sp³-hybridized carbons (Fsp3) is 0.190. The van der Waals surface area contributed by atoms with Crippen LogP contribution in [0, 0.1) is 18.6 Å². The van der Waals surface area contributed by atoms with Gasteiger partial charge in [0.25, 0.3) is 5.78 Å². The summed E-state index contributed by atoms with van der Waals surface area (Å²) in [5.41, 5.74) is 2.89. The predicted molar refractivity (Wildman–Crippen MR) is 105 cm³/mol. The molecule has 142 valence electrons. The molecule has 0 radical (unpaired) electrons. The largest absolute Gasteiger partial charge is 0.252 e. The van der Waals surface area contributed by atoms with Gasteiger partial charge in [-0.15, -0.1) is 16.9 Å². The third-order valence-electron chi connectivity index (χ3n) is 4.36. The van der Waals surface area contributed by atoms with Crippen LogP contribution in [0.1, 0.15) is 22.8 Å². The molecule has 4 nitrogen and oxygen atoms in total. The van der Waals surface area contributed by atoms with E-state index in [-0.39, 0.29) is 4.90 Å². The summed E-state index contributed by atoms with van der Waals surface area (Å²) in [6, 6.07) is 16.3. The van der Waals surface area contributed by atoms with E-state index in [0.29, 0.717) is 11.5 Å². The zero-order valence-corrected chi connectivity index (χ0v) is 16.1. The summed E-state index contributed by atoms with van der Waals surface area (Å²) in [5.74, 6) is 0.0177. The lowest BCUT2D eigenvalue weighted by Gasteiger charge is -2.05. The molecular formula is C21H18F2N4S. The van der Waals surface area contributed by atoms with Crippen molar-refractivity contribution >= 4 is 17.5 Å². The van der Waals surface area contributed by atoms with Crippen molar-refractivity contribution in [3.05, 3.63) is 89.0 Å². The van der Waals surface area contributed by atoms with E-state index in [9.17, 15) is 8.78 Å². The van der Waals surface area contributed by atoms with Crippen LogP contribution in [0.15, 0.2) is 59.5 Å². The Hall–Kier alpha value is -2.80. The summed E-state index contributed by atoms with van der Waals surface area (Å²) in [6.45, 7) is 1.93. The Labute approximate surface area is 165 Å². The molecular weight excluding hydrogens is 378 g/mol. The Balaban J connectivity index is 1.50. The van der Waals surface area contributed by atoms with Gasteiger partial charge in [0.05, 0.1) is 5.69 Å². The molecule has 0 unspecified atom stereocenters. The van der Waals surface area contributed by atoms with Crippen molar-refractivity contribution in [3.8, 4) is 0 Å². The topological polar surface area (TPSA) is 43.1 Å². The molecule has 7 heteroatoms. The van der Waals surface area contributed by atoms with Gasteiger partial charge in [0.2, 0.25) is 0 Å². The highest BCUT2D eigenvalue weighted by Crippen LogP contribution is 2.26. The normalized spacial score (nSPS) is 11.2. The molecule has 0 saturated carbocycles. The molecule has 28 heavy (non-hydrogen) atoms. The molecule has 0 amide bonds. The Kier molecular flexibility index (Phi) is 5.34. The van der Waals surface area contributed by atoms with Crippen molar-refractivity contribution in [1.82, 2.24) is 19.6 Å². The van der Waals surface area contributed by atoms with Crippen molar-refractivity contribution in [3.63, 3.8) is 0 Å². The molecule has 0 bridgehead atoms. The zero-order chi connectivity index (χ0) is 19.5. The van der Waals surface area contributed by atoms with Crippen LogP contribution in [0.5, 0.6) is 0 Å². The number of thioether (sulfide) groups is 1. The van der Waals surface area contributed by atoms with E-state index < -0.39 is 11.6 Å². The fourth-order valence-electron chi connectivity index (χ4n) is 2.95. The Morgan fingerprint density at radius 2 is 1.79 bits per heavy atom. The van der Waals surface area contributed by atoms with E-state index in [1.807, 2.05) is 31.2 Å². The first-order chi connectivity index (χ1) is 13.6. The van der Waals surface area contributed by atoms with Crippen molar-refractivity contribution in [2.45, 2.75) is 30.4 Å². The molecule has 0 saturated heterocycles. The number of rotatable bonds is 6. The highest BCUT2D eigenvalue weighted by atomic mass is 32.2. The third kappa shape index (κ3) is 4.04. The lowest BCUT2D eigenvalue weighted by atomic mass is 10.1. The summed E-state index contributed by atoms with van der Waals surface area (Å²) < 4.78 is 28.9. The van der Waals surface area contributed by atoms with E-state index >= 15 is 0 Å². The molecule has 0 fully saturated rings. The van der Waals surface area contributed by atoms with Gasteiger partial charge in [-0.05, 0) is 37.1 Å². The smallest absolute Gasteiger partial charge is 0.215 e. The van der Waals surface area contributed by atoms with Crippen LogP contribution in [0.2, 0.25) is 0 Å². The molecule has 0 aliphatic rings. The van der Waals surface area contributed by atoms with E-state index in [0.717, 1.165) is 36.1 Å². The van der Waals surface area contributed by atoms with Gasteiger partial charge >= 0.3 is 0 Å². The van der Waals surface area contributed by atoms with Gasteiger partial charge in [0.1, 0.15) is 0 Å². The molecule has 0 spiro atoms. The van der Waals surface area contributed by atoms with Crippen LogP contribution in [0.3, 0.4) is 0 Å². The average Bonchev–Trinajstić information content (AvgIpc) is 3.12. The molecule has 0 aliphatic carbocycles. The quantitative estimate of drug-likeness (QED) is 0.440. The van der Waals surface area contributed by atoms with E-state index in [1.54, 1.807) is 10.6 Å². The van der Waals surface area contributed by atoms with E-state index in [1.165, 1.54) is 23.4 Å². The Morgan fingerprint density at radius 1 is 0.964 bits per heavy atom. The van der Waals surface area contributed by atoms with Crippen LogP contribution in [-0.4, -0.2) is 19.6 Å². The molecule has 0 atom stereocenters. The highest BCUT2D eigenvalue weighted by Gasteiger charge is 2.12. The number of hydrogen-bond acceptors (Lipinski definition) is 4. The molecule has 2 aromatic heterocycles. The number of benzene rings is 2. The number of aromatic nitrogens is 4. The first-order valence-electron chi connectivity index (χ1n) is 8.93. The van der Waals surface area contributed by atoms with Crippen molar-refractivity contribution < 1.29 is 8.78 Å². The number of fused-ring (bicyclic) bond motifs is 1. The fourth-order valence-corrected chi connectivity index (χ4v) is 3.80. The van der Waals surface area contributed by atoms with E-state index in [2.05, 4.69) is 27.2 Å². The van der Waals surface area contributed by atoms with Crippen LogP contribution < -0.4 is 0 Å². The van der Waals surface area contributed by atoms with Crippen molar-refractivity contribution in [1.29, 1.82) is 0 Å². The van der Waals surface area contributed by atoms with E-state index in [4.69, 9.17) is 0 Å². The maximum atomic E-state index is 13.8. The van der Waals surface area contributed by atoms with Gasteiger partial charge in [0, 0.05) is 22.8 Å². The third-order valence-corrected chi connectivity index (χ3v) is 5.43. The standard InChI is InChI=1S/C21H18F2N4S/c1-14-12-16(13-28-18-9-5-8-17(22)20(18)23)24-21-25-19(26-27(14)21)11-10-15-6-3-2-4-7-15/h2-9,12H,10-11,13H2,1H3. The number of halogens is 2. The second kappa shape index (κ2) is 8.06. The van der Waals surface area contributed by atoms with Gasteiger partial charge in [-0.2, -0.15) is 4.98 Å². The maximum Gasteiger partial charge on any atom is 0.252 e. The summed E-state index contributed by atoms with van der Waals surface area (Å²) >= 11 is 1.21. The summed E-state index contributed by atoms with van der Waals surface area (Å²) in [5, 5.41) is 4.54. The monoisotopic (exact) mass is 396 g/mol. The lowest BCUT2D eigenvalue weighted by Crippen LogP contribution is -2.00. The SMILES string of the molecule is Cc1cc(CSc2cccc(F)c2F)nc2nc(CCc3ccccc3)nn12. The number of hydrogen-bond donors (Lipinski definition) is 0. The molecule has 0 aliphatic heterocycles. The minimum absolute atomic E-state index is 0.268. The van der Waals surface area contributed by atoms with Gasteiger partial charge < -0.3 is 0 Å². The second-order valence-corrected chi connectivity index (χ2v) is 7.47. The van der Waals surface area contributed by atoms with Crippen LogP contribution in [-0.2, 0) is 18.6 Å². The van der Waals surface area contributed by atoms with Gasteiger partial charge in [0.15, 0.2) is 17.5 Å². The lowest BCUT2D eigenvalue weighted by molar-refractivity contribution is 0.491.